The number of hydrogen-bond donors (Lipinski definition) is 2. The lowest BCUT2D eigenvalue weighted by molar-refractivity contribution is -0.759. The number of carbonyl (C=O) groups is 2. The Morgan fingerprint density at radius 3 is 2.81 bits per heavy atom. The van der Waals surface area contributed by atoms with E-state index in [1.807, 2.05) is 0 Å². The van der Waals surface area contributed by atoms with Gasteiger partial charge in [-0.25, -0.2) is 9.18 Å². The number of benzene rings is 1. The number of anilines is 1. The monoisotopic (exact) mass is 375 g/mol. The van der Waals surface area contributed by atoms with Gasteiger partial charge in [0.1, 0.15) is 11.4 Å². The highest BCUT2D eigenvalue weighted by atomic mass is 19.1. The van der Waals surface area contributed by atoms with E-state index in [0.717, 1.165) is 18.9 Å². The number of aromatic nitrogens is 1. The molecule has 7 nitrogen and oxygen atoms in total. The summed E-state index contributed by atoms with van der Waals surface area (Å²) in [7, 11) is 1.21. The number of esters is 1. The predicted molar refractivity (Wildman–Crippen MR) is 92.6 cm³/mol. The molecule has 2 heterocycles. The van der Waals surface area contributed by atoms with Crippen LogP contribution < -0.4 is 9.88 Å². The van der Waals surface area contributed by atoms with E-state index in [4.69, 9.17) is 4.74 Å². The first-order valence-corrected chi connectivity index (χ1v) is 8.48. The summed E-state index contributed by atoms with van der Waals surface area (Å²) in [5, 5.41) is 11.7. The molecule has 1 aromatic carbocycles. The normalized spacial score (nSPS) is 18.9. The Kier molecular flexibility index (Phi) is 5.78. The first-order chi connectivity index (χ1) is 13.0. The van der Waals surface area contributed by atoms with Crippen molar-refractivity contribution in [1.82, 2.24) is 0 Å². The lowest BCUT2D eigenvalue weighted by Gasteiger charge is -2.10. The van der Waals surface area contributed by atoms with Crippen molar-refractivity contribution in [2.75, 3.05) is 19.0 Å². The van der Waals surface area contributed by atoms with Crippen LogP contribution in [0.5, 0.6) is 0 Å². The van der Waals surface area contributed by atoms with Crippen molar-refractivity contribution < 1.29 is 33.1 Å². The third-order valence-electron chi connectivity index (χ3n) is 4.34. The van der Waals surface area contributed by atoms with Crippen LogP contribution in [0.2, 0.25) is 0 Å². The largest absolute Gasteiger partial charge is 0.465 e. The zero-order valence-corrected chi connectivity index (χ0v) is 14.7. The van der Waals surface area contributed by atoms with Crippen molar-refractivity contribution in [2.45, 2.75) is 25.2 Å². The van der Waals surface area contributed by atoms with Crippen molar-refractivity contribution in [1.29, 1.82) is 0 Å². The van der Waals surface area contributed by atoms with Gasteiger partial charge in [0.05, 0.1) is 31.1 Å². The molecule has 1 amide bonds. The van der Waals surface area contributed by atoms with Gasteiger partial charge in [0, 0.05) is 12.5 Å². The molecule has 0 saturated carbocycles. The second-order valence-corrected chi connectivity index (χ2v) is 6.15. The minimum Gasteiger partial charge on any atom is -0.465 e. The molecule has 2 unspecified atom stereocenters. The summed E-state index contributed by atoms with van der Waals surface area (Å²) < 4.78 is 26.1. The quantitative estimate of drug-likeness (QED) is 0.615. The molecule has 0 radical (unpaired) electrons. The zero-order chi connectivity index (χ0) is 19.4. The van der Waals surface area contributed by atoms with Gasteiger partial charge >= 0.3 is 5.97 Å². The minimum absolute atomic E-state index is 0.0412. The van der Waals surface area contributed by atoms with Crippen LogP contribution in [0.15, 0.2) is 42.7 Å². The number of pyridine rings is 1. The number of halogens is 1. The second-order valence-electron chi connectivity index (χ2n) is 6.15. The molecule has 1 aliphatic heterocycles. The number of nitrogens with one attached hydrogen (secondary N) is 1. The van der Waals surface area contributed by atoms with E-state index in [0.29, 0.717) is 5.56 Å². The van der Waals surface area contributed by atoms with Crippen LogP contribution in [0.4, 0.5) is 10.1 Å². The van der Waals surface area contributed by atoms with Gasteiger partial charge < -0.3 is 19.9 Å². The molecule has 0 aliphatic carbocycles. The summed E-state index contributed by atoms with van der Waals surface area (Å²) in [5.41, 5.74) is 0.341. The van der Waals surface area contributed by atoms with Gasteiger partial charge in [-0.15, -0.1) is 0 Å². The Labute approximate surface area is 155 Å². The molecule has 8 heteroatoms. The van der Waals surface area contributed by atoms with Crippen LogP contribution in [0.3, 0.4) is 0 Å². The highest BCUT2D eigenvalue weighted by Gasteiger charge is 2.31. The van der Waals surface area contributed by atoms with Crippen molar-refractivity contribution >= 4 is 17.6 Å². The number of methoxy groups -OCH3 is 1. The lowest BCUT2D eigenvalue weighted by atomic mass is 10.2. The molecule has 2 aromatic rings. The molecule has 2 atom stereocenters. The summed E-state index contributed by atoms with van der Waals surface area (Å²) in [6.07, 6.45) is 4.38. The average molecular weight is 375 g/mol. The first-order valence-electron chi connectivity index (χ1n) is 8.48. The van der Waals surface area contributed by atoms with Crippen molar-refractivity contribution in [3.8, 4) is 0 Å². The van der Waals surface area contributed by atoms with E-state index >= 15 is 0 Å². The summed E-state index contributed by atoms with van der Waals surface area (Å²) in [6.45, 7) is -0.0436. The summed E-state index contributed by atoms with van der Waals surface area (Å²) in [5.74, 6) is -1.89. The van der Waals surface area contributed by atoms with Crippen LogP contribution in [0, 0.1) is 5.82 Å². The summed E-state index contributed by atoms with van der Waals surface area (Å²) >= 11 is 0. The SMILES string of the molecule is COC(=O)c1ccc(NC(=O)c2ccc[n+](C3CCC(CO)O3)c2)c(F)c1. The van der Waals surface area contributed by atoms with Crippen LogP contribution in [0.1, 0.15) is 39.8 Å². The molecular formula is C19H20FN2O5+. The molecule has 1 aromatic heterocycles. The second kappa shape index (κ2) is 8.24. The highest BCUT2D eigenvalue weighted by Crippen LogP contribution is 2.23. The van der Waals surface area contributed by atoms with Gasteiger partial charge in [-0.2, -0.15) is 4.57 Å². The number of nitrogens with zero attached hydrogens (tertiary/aromatic N) is 1. The van der Waals surface area contributed by atoms with Crippen LogP contribution in [-0.4, -0.2) is 36.8 Å². The van der Waals surface area contributed by atoms with E-state index in [9.17, 15) is 19.1 Å². The fourth-order valence-electron chi connectivity index (χ4n) is 2.90. The van der Waals surface area contributed by atoms with Crippen molar-refractivity contribution in [2.24, 2.45) is 0 Å². The third kappa shape index (κ3) is 4.29. The molecule has 0 bridgehead atoms. The molecule has 1 aliphatic rings. The van der Waals surface area contributed by atoms with E-state index in [1.54, 1.807) is 29.1 Å². The Morgan fingerprint density at radius 1 is 1.33 bits per heavy atom. The summed E-state index contributed by atoms with van der Waals surface area (Å²) in [4.78, 5) is 23.9. The summed E-state index contributed by atoms with van der Waals surface area (Å²) in [6, 6.07) is 6.99. The van der Waals surface area contributed by atoms with Crippen LogP contribution in [0.25, 0.3) is 0 Å². The molecule has 2 N–H and O–H groups in total. The molecular weight excluding hydrogens is 355 g/mol. The number of rotatable bonds is 5. The van der Waals surface area contributed by atoms with E-state index in [1.165, 1.54) is 19.2 Å². The standard InChI is InChI=1S/C19H19FN2O5/c1-26-19(25)12-4-6-16(15(20)9-12)21-18(24)13-3-2-8-22(10-13)17-7-5-14(11-23)27-17/h2-4,6,8-10,14,17,23H,5,7,11H2,1H3/p+1. The van der Waals surface area contributed by atoms with Gasteiger partial charge in [-0.05, 0) is 30.7 Å². The van der Waals surface area contributed by atoms with Crippen molar-refractivity contribution in [3.63, 3.8) is 0 Å². The number of aliphatic hydroxyl groups excluding tert-OH is 1. The number of amides is 1. The van der Waals surface area contributed by atoms with Gasteiger partial charge in [0.25, 0.3) is 12.1 Å². The molecule has 1 saturated heterocycles. The predicted octanol–water partition coefficient (Wildman–Crippen LogP) is 1.82. The number of ether oxygens (including phenoxy) is 2. The maximum atomic E-state index is 14.2. The first kappa shape index (κ1) is 18.9. The molecule has 0 spiro atoms. The van der Waals surface area contributed by atoms with Crippen LogP contribution >= 0.6 is 0 Å². The lowest BCUT2D eigenvalue weighted by Crippen LogP contribution is -2.40. The fraction of sp³-hybridized carbons (Fsp3) is 0.316. The van der Waals surface area contributed by atoms with Gasteiger partial charge in [0.15, 0.2) is 12.4 Å². The highest BCUT2D eigenvalue weighted by molar-refractivity contribution is 6.04. The van der Waals surface area contributed by atoms with Crippen molar-refractivity contribution in [3.05, 3.63) is 59.7 Å². The fourth-order valence-corrected chi connectivity index (χ4v) is 2.90. The van der Waals surface area contributed by atoms with E-state index < -0.39 is 17.7 Å². The average Bonchev–Trinajstić information content (AvgIpc) is 3.18. The smallest absolute Gasteiger partial charge is 0.337 e. The molecule has 142 valence electrons. The van der Waals surface area contributed by atoms with Gasteiger partial charge in [-0.3, -0.25) is 4.79 Å². The third-order valence-corrected chi connectivity index (χ3v) is 4.34. The maximum absolute atomic E-state index is 14.2. The number of hydrogen-bond acceptors (Lipinski definition) is 5. The van der Waals surface area contributed by atoms with Crippen LogP contribution in [-0.2, 0) is 9.47 Å². The zero-order valence-electron chi connectivity index (χ0n) is 14.7. The Morgan fingerprint density at radius 2 is 2.15 bits per heavy atom. The van der Waals surface area contributed by atoms with Gasteiger partial charge in [0.2, 0.25) is 0 Å². The topological polar surface area (TPSA) is 88.7 Å². The maximum Gasteiger partial charge on any atom is 0.337 e. The van der Waals surface area contributed by atoms with E-state index in [2.05, 4.69) is 10.1 Å². The Bertz CT molecular complexity index is 858. The van der Waals surface area contributed by atoms with Gasteiger partial charge in [-0.1, -0.05) is 0 Å². The molecule has 27 heavy (non-hydrogen) atoms. The minimum atomic E-state index is -0.736. The molecule has 3 rings (SSSR count). The Balaban J connectivity index is 1.73. The molecule has 1 fully saturated rings. The Hall–Kier alpha value is -2.84. The number of aliphatic hydroxyl groups is 1. The van der Waals surface area contributed by atoms with E-state index in [-0.39, 0.29) is 30.2 Å². The number of carbonyl (C=O) groups excluding carboxylic acids is 2.